The molecule has 0 aromatic heterocycles. The van der Waals surface area contributed by atoms with E-state index in [1.54, 1.807) is 13.2 Å². The van der Waals surface area contributed by atoms with E-state index >= 15 is 0 Å². The zero-order valence-electron chi connectivity index (χ0n) is 17.9. The van der Waals surface area contributed by atoms with Gasteiger partial charge < -0.3 is 15.0 Å². The number of benzene rings is 2. The monoisotopic (exact) mass is 424 g/mol. The summed E-state index contributed by atoms with van der Waals surface area (Å²) < 4.78 is 19.1. The second kappa shape index (κ2) is 9.08. The van der Waals surface area contributed by atoms with Crippen molar-refractivity contribution in [3.8, 4) is 5.75 Å². The number of halogens is 1. The third-order valence-electron chi connectivity index (χ3n) is 6.74. The number of para-hydroxylation sites is 1. The molecule has 1 aliphatic heterocycles. The molecule has 2 aromatic carbocycles. The van der Waals surface area contributed by atoms with Crippen molar-refractivity contribution in [2.24, 2.45) is 0 Å². The van der Waals surface area contributed by atoms with Crippen LogP contribution >= 0.6 is 0 Å². The van der Waals surface area contributed by atoms with Gasteiger partial charge in [-0.15, -0.1) is 0 Å². The fraction of sp³-hybridized carbons (Fsp3) is 0.440. The highest BCUT2D eigenvalue weighted by Crippen LogP contribution is 2.44. The van der Waals surface area contributed by atoms with Crippen LogP contribution in [0.5, 0.6) is 5.75 Å². The second-order valence-electron chi connectivity index (χ2n) is 8.56. The van der Waals surface area contributed by atoms with Crippen LogP contribution in [0.3, 0.4) is 0 Å². The van der Waals surface area contributed by atoms with E-state index in [0.717, 1.165) is 49.0 Å². The summed E-state index contributed by atoms with van der Waals surface area (Å²) in [5, 5.41) is 3.19. The number of amides is 2. The SMILES string of the molecule is COc1ccccc1CC(=O)N1CCC(NC(=O)C2(c3cccc(F)c3)CCC2)CC1. The van der Waals surface area contributed by atoms with Crippen molar-refractivity contribution in [2.45, 2.75) is 50.0 Å². The Labute approximate surface area is 182 Å². The lowest BCUT2D eigenvalue weighted by molar-refractivity contribution is -0.132. The van der Waals surface area contributed by atoms with Gasteiger partial charge in [0, 0.05) is 24.7 Å². The van der Waals surface area contributed by atoms with Crippen molar-refractivity contribution in [1.82, 2.24) is 10.2 Å². The summed E-state index contributed by atoms with van der Waals surface area (Å²) in [6.45, 7) is 1.23. The van der Waals surface area contributed by atoms with Crippen molar-refractivity contribution in [3.63, 3.8) is 0 Å². The fourth-order valence-corrected chi connectivity index (χ4v) is 4.68. The molecule has 2 fully saturated rings. The lowest BCUT2D eigenvalue weighted by Crippen LogP contribution is -2.54. The van der Waals surface area contributed by atoms with Gasteiger partial charge in [0.05, 0.1) is 18.9 Å². The first-order chi connectivity index (χ1) is 15.0. The molecule has 0 bridgehead atoms. The second-order valence-corrected chi connectivity index (χ2v) is 8.56. The molecule has 1 aliphatic carbocycles. The van der Waals surface area contributed by atoms with Gasteiger partial charge in [0.1, 0.15) is 11.6 Å². The molecule has 1 saturated carbocycles. The van der Waals surface area contributed by atoms with Crippen LogP contribution in [0.1, 0.15) is 43.2 Å². The van der Waals surface area contributed by atoms with Crippen LogP contribution in [-0.4, -0.2) is 43.0 Å². The maximum atomic E-state index is 13.7. The number of nitrogens with one attached hydrogen (secondary N) is 1. The highest BCUT2D eigenvalue weighted by Gasteiger charge is 2.46. The molecular weight excluding hydrogens is 395 g/mol. The molecule has 2 aromatic rings. The van der Waals surface area contributed by atoms with E-state index in [2.05, 4.69) is 5.32 Å². The van der Waals surface area contributed by atoms with E-state index in [0.29, 0.717) is 19.5 Å². The van der Waals surface area contributed by atoms with Gasteiger partial charge in [0.2, 0.25) is 11.8 Å². The van der Waals surface area contributed by atoms with Crippen molar-refractivity contribution >= 4 is 11.8 Å². The summed E-state index contributed by atoms with van der Waals surface area (Å²) in [4.78, 5) is 27.7. The number of piperidine rings is 1. The molecule has 0 radical (unpaired) electrons. The first-order valence-corrected chi connectivity index (χ1v) is 11.0. The Morgan fingerprint density at radius 1 is 1.13 bits per heavy atom. The maximum absolute atomic E-state index is 13.7. The molecule has 2 aliphatic rings. The minimum Gasteiger partial charge on any atom is -0.496 e. The Hall–Kier alpha value is -2.89. The molecule has 0 spiro atoms. The van der Waals surface area contributed by atoms with E-state index in [9.17, 15) is 14.0 Å². The summed E-state index contributed by atoms with van der Waals surface area (Å²) >= 11 is 0. The fourth-order valence-electron chi connectivity index (χ4n) is 4.68. The van der Waals surface area contributed by atoms with Crippen LogP contribution in [0.15, 0.2) is 48.5 Å². The maximum Gasteiger partial charge on any atom is 0.230 e. The van der Waals surface area contributed by atoms with Crippen LogP contribution in [0.4, 0.5) is 4.39 Å². The lowest BCUT2D eigenvalue weighted by atomic mass is 9.63. The average Bonchev–Trinajstić information content (AvgIpc) is 2.74. The van der Waals surface area contributed by atoms with Crippen molar-refractivity contribution in [1.29, 1.82) is 0 Å². The van der Waals surface area contributed by atoms with Gasteiger partial charge in [-0.2, -0.15) is 0 Å². The van der Waals surface area contributed by atoms with Crippen LogP contribution in [-0.2, 0) is 21.4 Å². The number of methoxy groups -OCH3 is 1. The predicted octanol–water partition coefficient (Wildman–Crippen LogP) is 3.61. The van der Waals surface area contributed by atoms with Crippen LogP contribution in [0.25, 0.3) is 0 Å². The predicted molar refractivity (Wildman–Crippen MR) is 116 cm³/mol. The van der Waals surface area contributed by atoms with Gasteiger partial charge in [-0.25, -0.2) is 4.39 Å². The Balaban J connectivity index is 1.33. The Morgan fingerprint density at radius 3 is 2.52 bits per heavy atom. The molecule has 4 rings (SSSR count). The number of rotatable bonds is 6. The van der Waals surface area contributed by atoms with Crippen LogP contribution in [0, 0.1) is 5.82 Å². The first-order valence-electron chi connectivity index (χ1n) is 11.0. The normalized spacial score (nSPS) is 18.2. The minimum absolute atomic E-state index is 0.0110. The Kier molecular flexibility index (Phi) is 6.25. The minimum atomic E-state index is -0.612. The van der Waals surface area contributed by atoms with Crippen molar-refractivity contribution < 1.29 is 18.7 Å². The highest BCUT2D eigenvalue weighted by molar-refractivity contribution is 5.89. The van der Waals surface area contributed by atoms with Gasteiger partial charge >= 0.3 is 0 Å². The van der Waals surface area contributed by atoms with Crippen molar-refractivity contribution in [3.05, 3.63) is 65.5 Å². The van der Waals surface area contributed by atoms with Gasteiger partial charge in [-0.05, 0) is 49.4 Å². The van der Waals surface area contributed by atoms with Crippen LogP contribution in [0.2, 0.25) is 0 Å². The van der Waals surface area contributed by atoms with E-state index < -0.39 is 5.41 Å². The summed E-state index contributed by atoms with van der Waals surface area (Å²) in [7, 11) is 1.61. The molecule has 1 heterocycles. The largest absolute Gasteiger partial charge is 0.496 e. The topological polar surface area (TPSA) is 58.6 Å². The van der Waals surface area contributed by atoms with Crippen molar-refractivity contribution in [2.75, 3.05) is 20.2 Å². The number of hydrogen-bond donors (Lipinski definition) is 1. The first kappa shape index (κ1) is 21.3. The summed E-state index contributed by atoms with van der Waals surface area (Å²) in [6.07, 6.45) is 4.23. The lowest BCUT2D eigenvalue weighted by Gasteiger charge is -2.42. The van der Waals surface area contributed by atoms with E-state index in [4.69, 9.17) is 4.74 Å². The molecule has 2 amide bonds. The Bertz CT molecular complexity index is 949. The molecule has 1 saturated heterocycles. The number of likely N-dealkylation sites (tertiary alicyclic amines) is 1. The molecule has 0 atom stereocenters. The third kappa shape index (κ3) is 4.43. The number of ether oxygens (including phenoxy) is 1. The summed E-state index contributed by atoms with van der Waals surface area (Å²) in [6, 6.07) is 14.0. The van der Waals surface area contributed by atoms with E-state index in [-0.39, 0.29) is 23.7 Å². The average molecular weight is 425 g/mol. The molecular formula is C25H29FN2O3. The zero-order chi connectivity index (χ0) is 21.8. The van der Waals surface area contributed by atoms with Gasteiger partial charge in [-0.1, -0.05) is 36.8 Å². The quantitative estimate of drug-likeness (QED) is 0.771. The number of carbonyl (C=O) groups excluding carboxylic acids is 2. The van der Waals surface area contributed by atoms with Gasteiger partial charge in [-0.3, -0.25) is 9.59 Å². The number of carbonyl (C=O) groups is 2. The number of hydrogen-bond acceptors (Lipinski definition) is 3. The van der Waals surface area contributed by atoms with Crippen LogP contribution < -0.4 is 10.1 Å². The number of nitrogens with zero attached hydrogens (tertiary/aromatic N) is 1. The van der Waals surface area contributed by atoms with Gasteiger partial charge in [0.25, 0.3) is 0 Å². The standard InChI is InChI=1S/C25H29FN2O3/c1-31-22-9-3-2-6-18(22)16-23(29)28-14-10-21(11-15-28)27-24(30)25(12-5-13-25)19-7-4-8-20(26)17-19/h2-4,6-9,17,21H,5,10-16H2,1H3,(H,27,30). The summed E-state index contributed by atoms with van der Waals surface area (Å²) in [5.74, 6) is 0.479. The third-order valence-corrected chi connectivity index (χ3v) is 6.74. The molecule has 31 heavy (non-hydrogen) atoms. The molecule has 5 nitrogen and oxygen atoms in total. The molecule has 164 valence electrons. The summed E-state index contributed by atoms with van der Waals surface area (Å²) in [5.41, 5.74) is 1.03. The Morgan fingerprint density at radius 2 is 1.87 bits per heavy atom. The van der Waals surface area contributed by atoms with E-state index in [1.807, 2.05) is 35.2 Å². The smallest absolute Gasteiger partial charge is 0.230 e. The molecule has 0 unspecified atom stereocenters. The highest BCUT2D eigenvalue weighted by atomic mass is 19.1. The van der Waals surface area contributed by atoms with E-state index in [1.165, 1.54) is 12.1 Å². The molecule has 6 heteroatoms. The van der Waals surface area contributed by atoms with Gasteiger partial charge in [0.15, 0.2) is 0 Å². The molecule has 1 N–H and O–H groups in total. The zero-order valence-corrected chi connectivity index (χ0v) is 17.9.